The second-order valence-electron chi connectivity index (χ2n) is 14.5. The smallest absolute Gasteiger partial charge is 0.331 e. The summed E-state index contributed by atoms with van der Waals surface area (Å²) in [6.45, 7) is 7.85. The van der Waals surface area contributed by atoms with Crippen LogP contribution in [0.2, 0.25) is 0 Å². The number of hydrogen-bond donors (Lipinski definition) is 3. The van der Waals surface area contributed by atoms with Gasteiger partial charge < -0.3 is 39.0 Å². The van der Waals surface area contributed by atoms with Crippen molar-refractivity contribution in [2.24, 2.45) is 34.5 Å². The molecular formula is C32H48O10. The molecule has 1 saturated heterocycles. The van der Waals surface area contributed by atoms with Crippen molar-refractivity contribution in [3.8, 4) is 0 Å². The standard InChI is InChI=1S/C32H48O10/c1-16-26(35)28(38-5)27(36)29(40-16)42-20-8-10-30(3)19(13-20)6-7-22-21(30)9-11-31(4)25(18-12-24(34)39-15-18)23(41-17(2)33)14-32(22,31)37/h12,16,19-23,25-29,35-37H,6-11,13-15H2,1-5H3/t16?,19?,20?,21?,22?,23?,25?,26?,27?,28?,29?,30-,31+,32-/m0/s1. The molecule has 0 aromatic heterocycles. The Balaban J connectivity index is 1.20. The van der Waals surface area contributed by atoms with Crippen molar-refractivity contribution in [2.75, 3.05) is 13.7 Å². The summed E-state index contributed by atoms with van der Waals surface area (Å²) in [5.74, 6) is -0.234. The monoisotopic (exact) mass is 592 g/mol. The Morgan fingerprint density at radius 2 is 1.83 bits per heavy atom. The predicted molar refractivity (Wildman–Crippen MR) is 149 cm³/mol. The third-order valence-corrected chi connectivity index (χ3v) is 12.6. The van der Waals surface area contributed by atoms with Gasteiger partial charge in [-0.05, 0) is 80.6 Å². The maximum atomic E-state index is 12.7. The number of cyclic esters (lactones) is 1. The lowest BCUT2D eigenvalue weighted by molar-refractivity contribution is -0.313. The number of rotatable bonds is 5. The Kier molecular flexibility index (Phi) is 7.84. The summed E-state index contributed by atoms with van der Waals surface area (Å²) in [4.78, 5) is 24.2. The van der Waals surface area contributed by atoms with E-state index in [1.54, 1.807) is 6.92 Å². The number of carbonyl (C=O) groups is 2. The summed E-state index contributed by atoms with van der Waals surface area (Å²) >= 11 is 0. The molecule has 6 rings (SSSR count). The van der Waals surface area contributed by atoms with Crippen LogP contribution in [0.25, 0.3) is 0 Å². The van der Waals surface area contributed by atoms with Gasteiger partial charge >= 0.3 is 11.9 Å². The van der Waals surface area contributed by atoms with Gasteiger partial charge in [-0.1, -0.05) is 13.8 Å². The normalized spacial score (nSPS) is 52.0. The number of aliphatic hydroxyl groups is 3. The van der Waals surface area contributed by atoms with Gasteiger partial charge in [0.1, 0.15) is 31.0 Å². The first-order valence-corrected chi connectivity index (χ1v) is 15.8. The van der Waals surface area contributed by atoms with E-state index < -0.39 is 47.8 Å². The highest BCUT2D eigenvalue weighted by Gasteiger charge is 2.71. The molecule has 0 bridgehead atoms. The van der Waals surface area contributed by atoms with E-state index in [4.69, 9.17) is 23.7 Å². The van der Waals surface area contributed by atoms with Crippen molar-refractivity contribution in [3.63, 3.8) is 0 Å². The molecule has 10 nitrogen and oxygen atoms in total. The second kappa shape index (κ2) is 10.8. The number of hydrogen-bond acceptors (Lipinski definition) is 10. The topological polar surface area (TPSA) is 141 Å². The molecule has 3 N–H and O–H groups in total. The lowest BCUT2D eigenvalue weighted by Gasteiger charge is -2.63. The van der Waals surface area contributed by atoms with Crippen LogP contribution in [0.4, 0.5) is 0 Å². The SMILES string of the molecule is COC1C(O)C(C)OC(OC2CC[C@@]3(C)C(CCC4C3CC[C@]3(C)C(C5=CC(=O)OC5)C(OC(C)=O)C[C@]43O)C2)C1O. The fraction of sp³-hybridized carbons (Fsp3) is 0.875. The summed E-state index contributed by atoms with van der Waals surface area (Å²) in [6.07, 6.45) is 3.36. The van der Waals surface area contributed by atoms with Crippen molar-refractivity contribution < 1.29 is 48.6 Å². The van der Waals surface area contributed by atoms with Crippen LogP contribution in [-0.2, 0) is 33.3 Å². The van der Waals surface area contributed by atoms with Gasteiger partial charge in [0.05, 0.1) is 17.8 Å². The maximum Gasteiger partial charge on any atom is 0.331 e. The zero-order valence-corrected chi connectivity index (χ0v) is 25.5. The van der Waals surface area contributed by atoms with Crippen molar-refractivity contribution in [3.05, 3.63) is 11.6 Å². The Morgan fingerprint density at radius 3 is 2.50 bits per heavy atom. The minimum atomic E-state index is -1.08. The van der Waals surface area contributed by atoms with Crippen LogP contribution in [0, 0.1) is 34.5 Å². The summed E-state index contributed by atoms with van der Waals surface area (Å²) in [5, 5.41) is 33.8. The predicted octanol–water partition coefficient (Wildman–Crippen LogP) is 2.65. The summed E-state index contributed by atoms with van der Waals surface area (Å²) in [6, 6.07) is 0. The molecule has 2 aliphatic heterocycles. The Morgan fingerprint density at radius 1 is 1.07 bits per heavy atom. The lowest BCUT2D eigenvalue weighted by Crippen LogP contribution is -2.62. The largest absolute Gasteiger partial charge is 0.462 e. The third kappa shape index (κ3) is 4.58. The molecular weight excluding hydrogens is 544 g/mol. The molecule has 14 atom stereocenters. The van der Waals surface area contributed by atoms with Crippen LogP contribution >= 0.6 is 0 Å². The van der Waals surface area contributed by atoms with E-state index in [0.29, 0.717) is 18.3 Å². The summed E-state index contributed by atoms with van der Waals surface area (Å²) in [7, 11) is 1.47. The molecule has 0 amide bonds. The van der Waals surface area contributed by atoms with Crippen molar-refractivity contribution in [1.29, 1.82) is 0 Å². The Hall–Kier alpha value is -1.56. The third-order valence-electron chi connectivity index (χ3n) is 12.6. The zero-order chi connectivity index (χ0) is 30.2. The van der Waals surface area contributed by atoms with E-state index in [0.717, 1.165) is 50.5 Å². The molecule has 11 unspecified atom stereocenters. The summed E-state index contributed by atoms with van der Waals surface area (Å²) in [5.41, 5.74) is -0.720. The van der Waals surface area contributed by atoms with E-state index in [9.17, 15) is 24.9 Å². The van der Waals surface area contributed by atoms with Gasteiger partial charge in [-0.2, -0.15) is 0 Å². The van der Waals surface area contributed by atoms with Crippen molar-refractivity contribution >= 4 is 11.9 Å². The highest BCUT2D eigenvalue weighted by molar-refractivity contribution is 5.85. The van der Waals surface area contributed by atoms with E-state index in [-0.39, 0.29) is 41.9 Å². The molecule has 4 aliphatic carbocycles. The van der Waals surface area contributed by atoms with Crippen LogP contribution in [0.5, 0.6) is 0 Å². The molecule has 6 aliphatic rings. The van der Waals surface area contributed by atoms with Gasteiger partial charge in [-0.3, -0.25) is 4.79 Å². The number of ether oxygens (including phenoxy) is 5. The molecule has 0 aromatic rings. The fourth-order valence-electron chi connectivity index (χ4n) is 10.4. The maximum absolute atomic E-state index is 12.7. The Bertz CT molecular complexity index is 1110. The molecule has 0 aromatic carbocycles. The van der Waals surface area contributed by atoms with Gasteiger partial charge in [0, 0.05) is 37.9 Å². The minimum absolute atomic E-state index is 0.0190. The van der Waals surface area contributed by atoms with Gasteiger partial charge in [-0.15, -0.1) is 0 Å². The van der Waals surface area contributed by atoms with Gasteiger partial charge in [-0.25, -0.2) is 4.79 Å². The van der Waals surface area contributed by atoms with Gasteiger partial charge in [0.2, 0.25) is 0 Å². The van der Waals surface area contributed by atoms with Gasteiger partial charge in [0.15, 0.2) is 6.29 Å². The van der Waals surface area contributed by atoms with E-state index in [1.165, 1.54) is 20.1 Å². The number of carbonyl (C=O) groups excluding carboxylic acids is 2. The molecule has 2 heterocycles. The van der Waals surface area contributed by atoms with Crippen LogP contribution in [0.3, 0.4) is 0 Å². The molecule has 236 valence electrons. The quantitative estimate of drug-likeness (QED) is 0.322. The Labute approximate surface area is 248 Å². The molecule has 0 radical (unpaired) electrons. The first-order valence-electron chi connectivity index (χ1n) is 15.8. The van der Waals surface area contributed by atoms with Crippen molar-refractivity contribution in [1.82, 2.24) is 0 Å². The van der Waals surface area contributed by atoms with Crippen LogP contribution in [-0.4, -0.2) is 89.5 Å². The molecule has 5 fully saturated rings. The van der Waals surface area contributed by atoms with Crippen molar-refractivity contribution in [2.45, 2.75) is 128 Å². The number of aliphatic hydroxyl groups excluding tert-OH is 2. The highest BCUT2D eigenvalue weighted by atomic mass is 16.7. The zero-order valence-electron chi connectivity index (χ0n) is 25.5. The molecule has 42 heavy (non-hydrogen) atoms. The average Bonchev–Trinajstić information content (AvgIpc) is 3.44. The highest BCUT2D eigenvalue weighted by Crippen LogP contribution is 2.70. The van der Waals surface area contributed by atoms with Crippen LogP contribution in [0.15, 0.2) is 11.6 Å². The number of methoxy groups -OCH3 is 1. The van der Waals surface area contributed by atoms with Crippen LogP contribution in [0.1, 0.15) is 79.1 Å². The number of fused-ring (bicyclic) bond motifs is 5. The molecule has 10 heteroatoms. The first kappa shape index (κ1) is 30.5. The lowest BCUT2D eigenvalue weighted by atomic mass is 9.43. The molecule has 0 spiro atoms. The minimum Gasteiger partial charge on any atom is -0.462 e. The number of esters is 2. The average molecular weight is 593 g/mol. The fourth-order valence-corrected chi connectivity index (χ4v) is 10.4. The second-order valence-corrected chi connectivity index (χ2v) is 14.5. The van der Waals surface area contributed by atoms with Gasteiger partial charge in [0.25, 0.3) is 0 Å². The van der Waals surface area contributed by atoms with E-state index in [1.807, 2.05) is 0 Å². The van der Waals surface area contributed by atoms with E-state index >= 15 is 0 Å². The molecule has 4 saturated carbocycles. The van der Waals surface area contributed by atoms with E-state index in [2.05, 4.69) is 13.8 Å². The first-order chi connectivity index (χ1) is 19.8. The summed E-state index contributed by atoms with van der Waals surface area (Å²) < 4.78 is 28.7. The van der Waals surface area contributed by atoms with Crippen LogP contribution < -0.4 is 0 Å².